The SMILES string of the molecule is COCC1CCN(C(=O)c2cc(Cl)nc(NN)c2)C1. The third-order valence-electron chi connectivity index (χ3n) is 3.16. The molecule has 1 aromatic rings. The molecule has 1 unspecified atom stereocenters. The van der Waals surface area contributed by atoms with Crippen LogP contribution in [0, 0.1) is 5.92 Å². The summed E-state index contributed by atoms with van der Waals surface area (Å²) >= 11 is 5.86. The number of ether oxygens (including phenoxy) is 1. The fourth-order valence-electron chi connectivity index (χ4n) is 2.27. The lowest BCUT2D eigenvalue weighted by atomic mass is 10.1. The minimum absolute atomic E-state index is 0.0561. The summed E-state index contributed by atoms with van der Waals surface area (Å²) in [5.41, 5.74) is 2.89. The molecule has 0 spiro atoms. The number of hydrazine groups is 1. The van der Waals surface area contributed by atoms with Gasteiger partial charge in [-0.25, -0.2) is 10.8 Å². The van der Waals surface area contributed by atoms with E-state index < -0.39 is 0 Å². The van der Waals surface area contributed by atoms with Crippen LogP contribution in [0.25, 0.3) is 0 Å². The maximum atomic E-state index is 12.3. The Morgan fingerprint density at radius 3 is 3.16 bits per heavy atom. The van der Waals surface area contributed by atoms with Crippen molar-refractivity contribution in [3.8, 4) is 0 Å². The minimum Gasteiger partial charge on any atom is -0.384 e. The van der Waals surface area contributed by atoms with Crippen LogP contribution in [0.15, 0.2) is 12.1 Å². The molecule has 2 rings (SSSR count). The minimum atomic E-state index is -0.0561. The first-order chi connectivity index (χ1) is 9.13. The summed E-state index contributed by atoms with van der Waals surface area (Å²) in [6, 6.07) is 3.15. The Labute approximate surface area is 116 Å². The lowest BCUT2D eigenvalue weighted by Gasteiger charge is -2.17. The number of likely N-dealkylation sites (tertiary alicyclic amines) is 1. The molecule has 7 heteroatoms. The maximum absolute atomic E-state index is 12.3. The van der Waals surface area contributed by atoms with E-state index in [1.165, 1.54) is 0 Å². The Morgan fingerprint density at radius 2 is 2.47 bits per heavy atom. The molecule has 0 aromatic carbocycles. The Hall–Kier alpha value is -1.37. The summed E-state index contributed by atoms with van der Waals surface area (Å²) in [5.74, 6) is 6.01. The van der Waals surface area contributed by atoms with Gasteiger partial charge in [0.15, 0.2) is 0 Å². The molecule has 1 aromatic heterocycles. The fraction of sp³-hybridized carbons (Fsp3) is 0.500. The molecule has 1 saturated heterocycles. The molecule has 0 saturated carbocycles. The summed E-state index contributed by atoms with van der Waals surface area (Å²) in [4.78, 5) is 18.1. The van der Waals surface area contributed by atoms with Gasteiger partial charge >= 0.3 is 0 Å². The summed E-state index contributed by atoms with van der Waals surface area (Å²) in [6.45, 7) is 2.12. The highest BCUT2D eigenvalue weighted by Gasteiger charge is 2.27. The number of aromatic nitrogens is 1. The van der Waals surface area contributed by atoms with Crippen LogP contribution in [0.2, 0.25) is 5.15 Å². The Morgan fingerprint density at radius 1 is 1.68 bits per heavy atom. The first-order valence-electron chi connectivity index (χ1n) is 6.06. The number of rotatable bonds is 4. The number of methoxy groups -OCH3 is 1. The molecule has 1 aliphatic rings. The van der Waals surface area contributed by atoms with E-state index in [9.17, 15) is 4.79 Å². The van der Waals surface area contributed by atoms with Crippen molar-refractivity contribution in [1.82, 2.24) is 9.88 Å². The lowest BCUT2D eigenvalue weighted by Crippen LogP contribution is -2.29. The van der Waals surface area contributed by atoms with E-state index in [4.69, 9.17) is 22.2 Å². The van der Waals surface area contributed by atoms with E-state index in [2.05, 4.69) is 10.4 Å². The van der Waals surface area contributed by atoms with E-state index in [0.717, 1.165) is 13.0 Å². The van der Waals surface area contributed by atoms with Crippen molar-refractivity contribution in [3.63, 3.8) is 0 Å². The van der Waals surface area contributed by atoms with E-state index in [0.29, 0.717) is 30.5 Å². The zero-order valence-corrected chi connectivity index (χ0v) is 11.5. The van der Waals surface area contributed by atoms with Crippen molar-refractivity contribution in [2.75, 3.05) is 32.2 Å². The second kappa shape index (κ2) is 6.18. The quantitative estimate of drug-likeness (QED) is 0.492. The van der Waals surface area contributed by atoms with Crippen LogP contribution >= 0.6 is 11.6 Å². The van der Waals surface area contributed by atoms with Gasteiger partial charge < -0.3 is 15.1 Å². The van der Waals surface area contributed by atoms with Crippen LogP contribution < -0.4 is 11.3 Å². The van der Waals surface area contributed by atoms with Gasteiger partial charge in [0.1, 0.15) is 11.0 Å². The smallest absolute Gasteiger partial charge is 0.254 e. The van der Waals surface area contributed by atoms with E-state index in [-0.39, 0.29) is 11.1 Å². The molecule has 0 bridgehead atoms. The first-order valence-corrected chi connectivity index (χ1v) is 6.44. The monoisotopic (exact) mass is 284 g/mol. The molecule has 1 atom stereocenters. The fourth-order valence-corrected chi connectivity index (χ4v) is 2.47. The highest BCUT2D eigenvalue weighted by atomic mass is 35.5. The van der Waals surface area contributed by atoms with E-state index >= 15 is 0 Å². The molecule has 104 valence electrons. The summed E-state index contributed by atoms with van der Waals surface area (Å²) < 4.78 is 5.12. The molecule has 3 N–H and O–H groups in total. The number of nitrogens with zero attached hydrogens (tertiary/aromatic N) is 2. The molecular formula is C12H17ClN4O2. The number of hydrogen-bond donors (Lipinski definition) is 2. The number of nitrogen functional groups attached to an aromatic ring is 1. The van der Waals surface area contributed by atoms with Gasteiger partial charge in [-0.3, -0.25) is 4.79 Å². The molecule has 0 aliphatic carbocycles. The number of nitrogens with two attached hydrogens (primary N) is 1. The maximum Gasteiger partial charge on any atom is 0.254 e. The Bertz CT molecular complexity index is 469. The van der Waals surface area contributed by atoms with Gasteiger partial charge in [0.05, 0.1) is 6.61 Å². The lowest BCUT2D eigenvalue weighted by molar-refractivity contribution is 0.0775. The van der Waals surface area contributed by atoms with Crippen LogP contribution in [-0.4, -0.2) is 42.6 Å². The largest absolute Gasteiger partial charge is 0.384 e. The van der Waals surface area contributed by atoms with Gasteiger partial charge in [-0.15, -0.1) is 0 Å². The summed E-state index contributed by atoms with van der Waals surface area (Å²) in [5, 5.41) is 0.242. The normalized spacial score (nSPS) is 18.7. The third-order valence-corrected chi connectivity index (χ3v) is 3.36. The number of hydrogen-bond acceptors (Lipinski definition) is 5. The molecule has 19 heavy (non-hydrogen) atoms. The average Bonchev–Trinajstić information content (AvgIpc) is 2.86. The van der Waals surface area contributed by atoms with Crippen molar-refractivity contribution in [3.05, 3.63) is 22.8 Å². The van der Waals surface area contributed by atoms with Crippen molar-refractivity contribution in [1.29, 1.82) is 0 Å². The number of carbonyl (C=O) groups excluding carboxylic acids is 1. The molecule has 6 nitrogen and oxygen atoms in total. The van der Waals surface area contributed by atoms with E-state index in [1.54, 1.807) is 24.1 Å². The third kappa shape index (κ3) is 3.34. The highest BCUT2D eigenvalue weighted by Crippen LogP contribution is 2.21. The van der Waals surface area contributed by atoms with Crippen LogP contribution in [0.4, 0.5) is 5.82 Å². The predicted molar refractivity (Wildman–Crippen MR) is 72.9 cm³/mol. The van der Waals surface area contributed by atoms with Crippen LogP contribution in [-0.2, 0) is 4.74 Å². The van der Waals surface area contributed by atoms with Crippen LogP contribution in [0.5, 0.6) is 0 Å². The van der Waals surface area contributed by atoms with Gasteiger partial charge in [-0.1, -0.05) is 11.6 Å². The number of amides is 1. The zero-order chi connectivity index (χ0) is 13.8. The molecule has 1 aliphatic heterocycles. The number of halogens is 1. The highest BCUT2D eigenvalue weighted by molar-refractivity contribution is 6.29. The van der Waals surface area contributed by atoms with Gasteiger partial charge in [0, 0.05) is 31.7 Å². The van der Waals surface area contributed by atoms with E-state index in [1.807, 2.05) is 0 Å². The van der Waals surface area contributed by atoms with Gasteiger partial charge in [-0.05, 0) is 18.6 Å². The van der Waals surface area contributed by atoms with Crippen molar-refractivity contribution in [2.45, 2.75) is 6.42 Å². The standard InChI is InChI=1S/C12H17ClN4O2/c1-19-7-8-2-3-17(6-8)12(18)9-4-10(13)15-11(5-9)16-14/h4-5,8H,2-3,6-7,14H2,1H3,(H,15,16). The number of nitrogens with one attached hydrogen (secondary N) is 1. The van der Waals surface area contributed by atoms with Crippen LogP contribution in [0.1, 0.15) is 16.8 Å². The predicted octanol–water partition coefficient (Wildman–Crippen LogP) is 1.13. The number of carbonyl (C=O) groups is 1. The Balaban J connectivity index is 2.10. The van der Waals surface area contributed by atoms with Gasteiger partial charge in [0.25, 0.3) is 5.91 Å². The van der Waals surface area contributed by atoms with Crippen molar-refractivity contribution < 1.29 is 9.53 Å². The summed E-state index contributed by atoms with van der Waals surface area (Å²) in [7, 11) is 1.67. The average molecular weight is 285 g/mol. The first kappa shape index (κ1) is 14.0. The number of pyridine rings is 1. The molecule has 1 fully saturated rings. The summed E-state index contributed by atoms with van der Waals surface area (Å²) in [6.07, 6.45) is 0.959. The Kier molecular flexibility index (Phi) is 4.57. The molecule has 2 heterocycles. The number of anilines is 1. The van der Waals surface area contributed by atoms with Crippen molar-refractivity contribution >= 4 is 23.3 Å². The molecular weight excluding hydrogens is 268 g/mol. The second-order valence-electron chi connectivity index (χ2n) is 4.57. The van der Waals surface area contributed by atoms with Gasteiger partial charge in [0.2, 0.25) is 0 Å². The second-order valence-corrected chi connectivity index (χ2v) is 4.96. The zero-order valence-electron chi connectivity index (χ0n) is 10.7. The molecule has 0 radical (unpaired) electrons. The van der Waals surface area contributed by atoms with Crippen LogP contribution in [0.3, 0.4) is 0 Å². The van der Waals surface area contributed by atoms with Gasteiger partial charge in [-0.2, -0.15) is 0 Å². The molecule has 1 amide bonds. The topological polar surface area (TPSA) is 80.5 Å². The van der Waals surface area contributed by atoms with Crippen molar-refractivity contribution in [2.24, 2.45) is 11.8 Å².